The monoisotopic (exact) mass is 313 g/mol. The van der Waals surface area contributed by atoms with Crippen LogP contribution in [0.25, 0.3) is 0 Å². The summed E-state index contributed by atoms with van der Waals surface area (Å²) in [5.41, 5.74) is 0. The minimum absolute atomic E-state index is 0.0373. The van der Waals surface area contributed by atoms with Gasteiger partial charge in [0.2, 0.25) is 0 Å². The molecule has 0 aliphatic heterocycles. The molecule has 6 heteroatoms. The third-order valence-electron chi connectivity index (χ3n) is 2.83. The number of carboxylic acids is 1. The van der Waals surface area contributed by atoms with Crippen LogP contribution >= 0.6 is 27.6 Å². The largest absolute Gasteiger partial charge is 0.481 e. The lowest BCUT2D eigenvalue weighted by Gasteiger charge is -2.23. The minimum atomic E-state index is -0.993. The van der Waals surface area contributed by atoms with Crippen LogP contribution in [0.2, 0.25) is 0 Å². The molecule has 0 aromatic carbocycles. The van der Waals surface area contributed by atoms with E-state index in [2.05, 4.69) is 39.3 Å². The summed E-state index contributed by atoms with van der Waals surface area (Å²) in [6.45, 7) is 9.14. The highest BCUT2D eigenvalue weighted by Gasteiger charge is 2.29. The zero-order valence-corrected chi connectivity index (χ0v) is 15.0. The molecule has 0 aromatic rings. The standard InChI is InChI=1S/C11H24O2P4/c1-14(2)17(15(3)4,16(5)6)10-8-7-9-11(12)13/h1-2,7-10H2,3-6H3/p+1. The van der Waals surface area contributed by atoms with Crippen LogP contribution in [0.4, 0.5) is 0 Å². The van der Waals surface area contributed by atoms with E-state index in [1.807, 2.05) is 0 Å². The van der Waals surface area contributed by atoms with Crippen LogP contribution < -0.4 is 0 Å². The van der Waals surface area contributed by atoms with Gasteiger partial charge in [0.15, 0.2) is 0 Å². The molecule has 0 bridgehead atoms. The summed E-state index contributed by atoms with van der Waals surface area (Å²) in [6, 6.07) is 0. The van der Waals surface area contributed by atoms with E-state index < -0.39 is 11.9 Å². The predicted molar refractivity (Wildman–Crippen MR) is 92.0 cm³/mol. The molecule has 1 unspecified atom stereocenters. The molecule has 0 saturated carbocycles. The quantitative estimate of drug-likeness (QED) is 0.540. The highest BCUT2D eigenvalue weighted by Crippen LogP contribution is 2.90. The molecule has 0 spiro atoms. The first kappa shape index (κ1) is 17.7. The van der Waals surface area contributed by atoms with E-state index in [9.17, 15) is 4.79 Å². The normalized spacial score (nSPS) is 14.4. The summed E-state index contributed by atoms with van der Waals surface area (Å²) in [6.07, 6.45) is 12.0. The van der Waals surface area contributed by atoms with Crippen molar-refractivity contribution in [3.8, 4) is 0 Å². The topological polar surface area (TPSA) is 37.3 Å². The second kappa shape index (κ2) is 7.96. The van der Waals surface area contributed by atoms with Gasteiger partial charge >= 0.3 is 5.97 Å². The maximum Gasteiger partial charge on any atom is 0.303 e. The van der Waals surface area contributed by atoms with E-state index in [0.29, 0.717) is 6.42 Å². The molecule has 1 N–H and O–H groups in total. The number of hydrogen-bond donors (Lipinski definition) is 1. The third-order valence-corrected chi connectivity index (χ3v) is 36.9. The van der Waals surface area contributed by atoms with Crippen LogP contribution in [0.1, 0.15) is 19.3 Å². The average Bonchev–Trinajstić information content (AvgIpc) is 2.15. The zero-order valence-electron chi connectivity index (χ0n) is 11.4. The van der Waals surface area contributed by atoms with Crippen molar-refractivity contribution in [1.29, 1.82) is 0 Å². The zero-order chi connectivity index (χ0) is 13.6. The fourth-order valence-corrected chi connectivity index (χ4v) is 30.7. The average molecular weight is 313 g/mol. The lowest BCUT2D eigenvalue weighted by molar-refractivity contribution is -0.137. The van der Waals surface area contributed by atoms with Gasteiger partial charge in [-0.05, 0) is 33.8 Å². The molecule has 2 nitrogen and oxygen atoms in total. The van der Waals surface area contributed by atoms with Gasteiger partial charge in [0, 0.05) is 12.6 Å². The van der Waals surface area contributed by atoms with Crippen LogP contribution in [0.15, 0.2) is 0 Å². The number of rotatable bonds is 7. The van der Waals surface area contributed by atoms with Crippen LogP contribution in [0, 0.1) is 0 Å². The Kier molecular flexibility index (Phi) is 8.28. The highest BCUT2D eigenvalue weighted by atomic mass is 32.6. The first-order valence-electron chi connectivity index (χ1n) is 5.62. The van der Waals surface area contributed by atoms with Gasteiger partial charge in [-0.25, -0.2) is 0 Å². The lowest BCUT2D eigenvalue weighted by Crippen LogP contribution is -1.95. The van der Waals surface area contributed by atoms with Gasteiger partial charge in [-0.3, -0.25) is 4.79 Å². The van der Waals surface area contributed by atoms with Crippen LogP contribution in [-0.2, 0) is 4.79 Å². The second-order valence-electron chi connectivity index (χ2n) is 4.47. The molecule has 0 rings (SSSR count). The first-order chi connectivity index (χ1) is 7.75. The number of carboxylic acid groups (broad SMARTS) is 1. The Morgan fingerprint density at radius 2 is 1.82 bits per heavy atom. The Labute approximate surface area is 108 Å². The third kappa shape index (κ3) is 5.04. The van der Waals surface area contributed by atoms with E-state index in [-0.39, 0.29) is 21.7 Å². The molecule has 0 aromatic heterocycles. The summed E-state index contributed by atoms with van der Waals surface area (Å²) in [5.74, 6) is -1.67. The number of hydrogen-bond acceptors (Lipinski definition) is 1. The van der Waals surface area contributed by atoms with E-state index in [0.717, 1.165) is 12.8 Å². The molecule has 1 atom stereocenters. The number of unbranched alkanes of at least 4 members (excludes halogenated alkanes) is 1. The van der Waals surface area contributed by atoms with Gasteiger partial charge in [0.25, 0.3) is 0 Å². The van der Waals surface area contributed by atoms with Gasteiger partial charge in [-0.2, -0.15) is 0 Å². The predicted octanol–water partition coefficient (Wildman–Crippen LogP) is 4.83. The molecule has 0 heterocycles. The fourth-order valence-electron chi connectivity index (χ4n) is 2.01. The second-order valence-corrected chi connectivity index (χ2v) is 26.2. The van der Waals surface area contributed by atoms with Gasteiger partial charge in [-0.1, -0.05) is 19.5 Å². The molecule has 17 heavy (non-hydrogen) atoms. The highest BCUT2D eigenvalue weighted by molar-refractivity contribution is 8.75. The van der Waals surface area contributed by atoms with E-state index in [1.165, 1.54) is 6.16 Å². The van der Waals surface area contributed by atoms with E-state index in [1.54, 1.807) is 0 Å². The molecule has 100 valence electrons. The summed E-state index contributed by atoms with van der Waals surface area (Å²) in [4.78, 5) is 10.5. The molecule has 0 amide bonds. The molecule has 0 fully saturated rings. The molecular weight excluding hydrogens is 288 g/mol. The summed E-state index contributed by atoms with van der Waals surface area (Å²) in [5, 5.41) is 8.67. The Morgan fingerprint density at radius 1 is 1.29 bits per heavy atom. The molecule has 0 aliphatic carbocycles. The van der Waals surface area contributed by atoms with Crippen molar-refractivity contribution in [3.63, 3.8) is 0 Å². The van der Waals surface area contributed by atoms with Crippen molar-refractivity contribution in [2.75, 3.05) is 32.8 Å². The molecule has 0 radical (unpaired) electrons. The first-order valence-corrected chi connectivity index (χ1v) is 15.9. The Bertz CT molecular complexity index is 382. The Morgan fingerprint density at radius 3 is 2.12 bits per heavy atom. The maximum absolute atomic E-state index is 10.5. The fraction of sp³-hybridized carbons (Fsp3) is 0.727. The summed E-state index contributed by atoms with van der Waals surface area (Å²) < 4.78 is 0. The van der Waals surface area contributed by atoms with Gasteiger partial charge in [0.1, 0.15) is 5.93 Å². The van der Waals surface area contributed by atoms with Crippen LogP contribution in [0.5, 0.6) is 0 Å². The SMILES string of the molecule is C=P(=C)P(CCCCC(=O)O)(P(C)C)=[P+](C)C. The Hall–Kier alpha value is 0.670. The molecule has 0 saturated heterocycles. The van der Waals surface area contributed by atoms with Crippen molar-refractivity contribution in [1.82, 2.24) is 0 Å². The Balaban J connectivity index is 4.87. The van der Waals surface area contributed by atoms with Crippen molar-refractivity contribution in [2.24, 2.45) is 0 Å². The number of aliphatic carboxylic acids is 1. The number of carbonyl (C=O) groups is 1. The van der Waals surface area contributed by atoms with Crippen LogP contribution in [0.3, 0.4) is 0 Å². The molecular formula is C11H25O2P4+. The van der Waals surface area contributed by atoms with E-state index >= 15 is 0 Å². The molecule has 0 aliphatic rings. The lowest BCUT2D eigenvalue weighted by atomic mass is 10.3. The minimum Gasteiger partial charge on any atom is -0.481 e. The van der Waals surface area contributed by atoms with Crippen molar-refractivity contribution < 1.29 is 9.90 Å². The van der Waals surface area contributed by atoms with Crippen LogP contribution in [-0.4, -0.2) is 56.5 Å². The van der Waals surface area contributed by atoms with Crippen molar-refractivity contribution >= 4 is 46.2 Å². The maximum atomic E-state index is 10.5. The van der Waals surface area contributed by atoms with Gasteiger partial charge in [0.05, 0.1) is 20.5 Å². The summed E-state index contributed by atoms with van der Waals surface area (Å²) in [7, 11) is 0.0746. The van der Waals surface area contributed by atoms with E-state index in [4.69, 9.17) is 5.11 Å². The van der Waals surface area contributed by atoms with Crippen molar-refractivity contribution in [3.05, 3.63) is 0 Å². The van der Waals surface area contributed by atoms with Gasteiger partial charge < -0.3 is 5.11 Å². The van der Waals surface area contributed by atoms with Crippen molar-refractivity contribution in [2.45, 2.75) is 19.3 Å². The summed E-state index contributed by atoms with van der Waals surface area (Å²) >= 11 is 0. The smallest absolute Gasteiger partial charge is 0.303 e. The van der Waals surface area contributed by atoms with Gasteiger partial charge in [-0.15, -0.1) is 0 Å².